The molecule has 0 radical (unpaired) electrons. The van der Waals surface area contributed by atoms with E-state index >= 15 is 0 Å². The Hall–Kier alpha value is -2.34. The highest BCUT2D eigenvalue weighted by Gasteiger charge is 2.23. The van der Waals surface area contributed by atoms with Crippen LogP contribution in [0.1, 0.15) is 31.7 Å². The third kappa shape index (κ3) is 3.28. The molecule has 0 aliphatic carbocycles. The number of anilines is 1. The smallest absolute Gasteiger partial charge is 0.304 e. The molecule has 1 unspecified atom stereocenters. The van der Waals surface area contributed by atoms with Crippen LogP contribution >= 0.6 is 0 Å². The minimum atomic E-state index is -0.796. The van der Waals surface area contributed by atoms with E-state index in [9.17, 15) is 9.59 Å². The zero-order chi connectivity index (χ0) is 17.1. The van der Waals surface area contributed by atoms with Crippen LogP contribution in [0.15, 0.2) is 29.1 Å². The van der Waals surface area contributed by atoms with Crippen LogP contribution in [0.3, 0.4) is 0 Å². The first-order valence-electron chi connectivity index (χ1n) is 8.44. The highest BCUT2D eigenvalue weighted by Crippen LogP contribution is 2.31. The molecule has 128 valence electrons. The lowest BCUT2D eigenvalue weighted by Gasteiger charge is -2.33. The Morgan fingerprint density at radius 1 is 1.42 bits per heavy atom. The van der Waals surface area contributed by atoms with Crippen molar-refractivity contribution in [1.82, 2.24) is 10.3 Å². The quantitative estimate of drug-likeness (QED) is 0.755. The van der Waals surface area contributed by atoms with Crippen molar-refractivity contribution in [2.45, 2.75) is 38.6 Å². The van der Waals surface area contributed by atoms with E-state index in [1.807, 2.05) is 31.2 Å². The Kier molecular flexibility index (Phi) is 4.85. The zero-order valence-corrected chi connectivity index (χ0v) is 13.8. The number of benzene rings is 1. The van der Waals surface area contributed by atoms with Crippen molar-refractivity contribution in [3.05, 3.63) is 40.2 Å². The van der Waals surface area contributed by atoms with Gasteiger partial charge >= 0.3 is 5.97 Å². The van der Waals surface area contributed by atoms with Crippen molar-refractivity contribution < 1.29 is 9.90 Å². The molecule has 0 saturated carbocycles. The number of rotatable bonds is 6. The molecule has 1 aromatic heterocycles. The molecule has 1 aromatic carbocycles. The number of pyridine rings is 1. The van der Waals surface area contributed by atoms with Crippen LogP contribution in [0.25, 0.3) is 10.9 Å². The Morgan fingerprint density at radius 3 is 2.96 bits per heavy atom. The lowest BCUT2D eigenvalue weighted by Crippen LogP contribution is -2.43. The molecule has 0 amide bonds. The first-order chi connectivity index (χ1) is 11.6. The van der Waals surface area contributed by atoms with Crippen LogP contribution in [0.2, 0.25) is 0 Å². The van der Waals surface area contributed by atoms with Crippen LogP contribution in [0, 0.1) is 0 Å². The summed E-state index contributed by atoms with van der Waals surface area (Å²) in [5, 5.41) is 13.4. The SMILES string of the molecule is CCC(CC(=O)O)NCN1CCCc2c1c1ccccc1[nH]c2=O. The van der Waals surface area contributed by atoms with E-state index in [-0.39, 0.29) is 18.0 Å². The second-order valence-electron chi connectivity index (χ2n) is 6.26. The molecule has 1 aliphatic heterocycles. The zero-order valence-electron chi connectivity index (χ0n) is 13.8. The molecule has 1 atom stereocenters. The minimum Gasteiger partial charge on any atom is -0.481 e. The van der Waals surface area contributed by atoms with E-state index in [1.54, 1.807) is 0 Å². The summed E-state index contributed by atoms with van der Waals surface area (Å²) < 4.78 is 0. The average Bonchev–Trinajstić information content (AvgIpc) is 2.58. The van der Waals surface area contributed by atoms with Crippen LogP contribution < -0.4 is 15.8 Å². The maximum Gasteiger partial charge on any atom is 0.304 e. The number of aromatic nitrogens is 1. The lowest BCUT2D eigenvalue weighted by atomic mass is 10.00. The topological polar surface area (TPSA) is 85.4 Å². The van der Waals surface area contributed by atoms with Crippen LogP contribution in [0.4, 0.5) is 5.69 Å². The number of H-pyrrole nitrogens is 1. The predicted octanol–water partition coefficient (Wildman–Crippen LogP) is 2.08. The van der Waals surface area contributed by atoms with Gasteiger partial charge in [0.15, 0.2) is 0 Å². The number of fused-ring (bicyclic) bond motifs is 3. The normalized spacial score (nSPS) is 15.3. The molecule has 3 rings (SSSR count). The summed E-state index contributed by atoms with van der Waals surface area (Å²) >= 11 is 0. The van der Waals surface area contributed by atoms with Gasteiger partial charge < -0.3 is 15.0 Å². The van der Waals surface area contributed by atoms with E-state index in [1.165, 1.54) is 0 Å². The number of carboxylic acids is 1. The van der Waals surface area contributed by atoms with Gasteiger partial charge in [-0.25, -0.2) is 0 Å². The van der Waals surface area contributed by atoms with Crippen LogP contribution in [0.5, 0.6) is 0 Å². The molecule has 6 heteroatoms. The summed E-state index contributed by atoms with van der Waals surface area (Å²) in [5.74, 6) is -0.796. The first kappa shape index (κ1) is 16.5. The molecular formula is C18H23N3O3. The van der Waals surface area contributed by atoms with Gasteiger partial charge in [0.2, 0.25) is 0 Å². The molecule has 6 nitrogen and oxygen atoms in total. The third-order valence-corrected chi connectivity index (χ3v) is 4.65. The van der Waals surface area contributed by atoms with Crippen molar-refractivity contribution in [2.75, 3.05) is 18.1 Å². The average molecular weight is 329 g/mol. The number of carbonyl (C=O) groups is 1. The molecule has 2 heterocycles. The van der Waals surface area contributed by atoms with E-state index in [4.69, 9.17) is 5.11 Å². The summed E-state index contributed by atoms with van der Waals surface area (Å²) in [6.07, 6.45) is 2.56. The molecule has 0 fully saturated rings. The lowest BCUT2D eigenvalue weighted by molar-refractivity contribution is -0.137. The maximum absolute atomic E-state index is 12.4. The highest BCUT2D eigenvalue weighted by molar-refractivity contribution is 5.93. The summed E-state index contributed by atoms with van der Waals surface area (Å²) in [6.45, 7) is 3.38. The molecule has 0 spiro atoms. The predicted molar refractivity (Wildman–Crippen MR) is 94.6 cm³/mol. The van der Waals surface area contributed by atoms with Gasteiger partial charge in [0.05, 0.1) is 24.3 Å². The Labute approximate surface area is 140 Å². The summed E-state index contributed by atoms with van der Waals surface area (Å²) in [5.41, 5.74) is 2.63. The monoisotopic (exact) mass is 329 g/mol. The largest absolute Gasteiger partial charge is 0.481 e. The van der Waals surface area contributed by atoms with Gasteiger partial charge in [-0.1, -0.05) is 25.1 Å². The fraction of sp³-hybridized carbons (Fsp3) is 0.444. The second kappa shape index (κ2) is 7.05. The molecule has 24 heavy (non-hydrogen) atoms. The molecule has 3 N–H and O–H groups in total. The Balaban J connectivity index is 1.91. The number of hydrogen-bond donors (Lipinski definition) is 3. The second-order valence-corrected chi connectivity index (χ2v) is 6.26. The van der Waals surface area contributed by atoms with E-state index in [2.05, 4.69) is 15.2 Å². The van der Waals surface area contributed by atoms with Crippen molar-refractivity contribution in [1.29, 1.82) is 0 Å². The number of nitrogens with zero attached hydrogens (tertiary/aromatic N) is 1. The summed E-state index contributed by atoms with van der Waals surface area (Å²) in [7, 11) is 0. The van der Waals surface area contributed by atoms with Crippen molar-refractivity contribution in [3.8, 4) is 0 Å². The van der Waals surface area contributed by atoms with Gasteiger partial charge in [0.1, 0.15) is 0 Å². The standard InChI is InChI=1S/C18H23N3O3/c1-2-12(10-16(22)23)19-11-21-9-5-7-14-17(21)13-6-3-4-8-15(13)20-18(14)24/h3-4,6,8,12,19H,2,5,7,9-11H2,1H3,(H,20,24)(H,22,23). The third-order valence-electron chi connectivity index (χ3n) is 4.65. The maximum atomic E-state index is 12.4. The number of carboxylic acid groups (broad SMARTS) is 1. The molecular weight excluding hydrogens is 306 g/mol. The van der Waals surface area contributed by atoms with Gasteiger partial charge in [-0.3, -0.25) is 14.9 Å². The van der Waals surface area contributed by atoms with Crippen molar-refractivity contribution >= 4 is 22.6 Å². The number of nitrogens with one attached hydrogen (secondary N) is 2. The van der Waals surface area contributed by atoms with Gasteiger partial charge in [-0.2, -0.15) is 0 Å². The molecule has 2 aromatic rings. The fourth-order valence-corrected chi connectivity index (χ4v) is 3.39. The van der Waals surface area contributed by atoms with Gasteiger partial charge in [0, 0.05) is 23.5 Å². The van der Waals surface area contributed by atoms with Crippen LogP contribution in [-0.4, -0.2) is 35.3 Å². The van der Waals surface area contributed by atoms with Crippen LogP contribution in [-0.2, 0) is 11.2 Å². The Bertz CT molecular complexity index is 800. The number of aromatic amines is 1. The van der Waals surface area contributed by atoms with E-state index in [0.29, 0.717) is 6.67 Å². The van der Waals surface area contributed by atoms with Crippen molar-refractivity contribution in [2.24, 2.45) is 0 Å². The van der Waals surface area contributed by atoms with Gasteiger partial charge in [-0.15, -0.1) is 0 Å². The van der Waals surface area contributed by atoms with E-state index < -0.39 is 5.97 Å². The molecule has 0 bridgehead atoms. The van der Waals surface area contributed by atoms with Gasteiger partial charge in [-0.05, 0) is 25.3 Å². The number of aliphatic carboxylic acids is 1. The first-order valence-corrected chi connectivity index (χ1v) is 8.44. The van der Waals surface area contributed by atoms with Crippen molar-refractivity contribution in [3.63, 3.8) is 0 Å². The highest BCUT2D eigenvalue weighted by atomic mass is 16.4. The Morgan fingerprint density at radius 2 is 2.21 bits per heavy atom. The van der Waals surface area contributed by atoms with Gasteiger partial charge in [0.25, 0.3) is 5.56 Å². The summed E-state index contributed by atoms with van der Waals surface area (Å²) in [4.78, 5) is 28.4. The minimum absolute atomic E-state index is 0.0222. The fourth-order valence-electron chi connectivity index (χ4n) is 3.39. The van der Waals surface area contributed by atoms with E-state index in [0.717, 1.165) is 48.0 Å². The molecule has 0 saturated heterocycles. The number of hydrogen-bond acceptors (Lipinski definition) is 4. The summed E-state index contributed by atoms with van der Waals surface area (Å²) in [6, 6.07) is 7.75. The molecule has 1 aliphatic rings. The number of para-hydroxylation sites is 1.